The second kappa shape index (κ2) is 6.35. The maximum atomic E-state index is 10.2. The van der Waals surface area contributed by atoms with Crippen LogP contribution in [0.1, 0.15) is 0 Å². The highest BCUT2D eigenvalue weighted by molar-refractivity contribution is 6.05. The van der Waals surface area contributed by atoms with Gasteiger partial charge in [0.15, 0.2) is 11.6 Å². The highest BCUT2D eigenvalue weighted by Crippen LogP contribution is 2.33. The Morgan fingerprint density at radius 2 is 1.54 bits per heavy atom. The molecule has 0 bridgehead atoms. The summed E-state index contributed by atoms with van der Waals surface area (Å²) in [5.74, 6) is 0.867. The van der Waals surface area contributed by atoms with E-state index in [4.69, 9.17) is 9.15 Å². The summed E-state index contributed by atoms with van der Waals surface area (Å²) < 4.78 is 11.2. The van der Waals surface area contributed by atoms with Crippen molar-refractivity contribution in [3.05, 3.63) is 66.7 Å². The van der Waals surface area contributed by atoms with E-state index in [0.717, 1.165) is 27.5 Å². The fourth-order valence-corrected chi connectivity index (χ4v) is 3.23. The molecule has 0 amide bonds. The third-order valence-corrected chi connectivity index (χ3v) is 4.58. The second-order valence-corrected chi connectivity index (χ2v) is 6.30. The Hall–Kier alpha value is -3.93. The number of hydrogen-bond acceptors (Lipinski definition) is 6. The number of hydrogen-bond donors (Lipinski definition) is 1. The molecule has 0 radical (unpaired) electrons. The van der Waals surface area contributed by atoms with E-state index >= 15 is 0 Å². The van der Waals surface area contributed by atoms with Crippen LogP contribution in [-0.2, 0) is 0 Å². The molecule has 2 aromatic heterocycles. The van der Waals surface area contributed by atoms with Crippen molar-refractivity contribution in [3.8, 4) is 34.5 Å². The van der Waals surface area contributed by atoms with Gasteiger partial charge in [0, 0.05) is 16.3 Å². The first-order valence-electron chi connectivity index (χ1n) is 8.73. The Labute approximate surface area is 160 Å². The number of benzene rings is 3. The Bertz CT molecular complexity index is 1330. The van der Waals surface area contributed by atoms with Gasteiger partial charge in [-0.25, -0.2) is 4.98 Å². The molecule has 0 saturated heterocycles. The molecule has 28 heavy (non-hydrogen) atoms. The van der Waals surface area contributed by atoms with Gasteiger partial charge in [-0.2, -0.15) is 9.97 Å². The van der Waals surface area contributed by atoms with Crippen LogP contribution in [-0.4, -0.2) is 27.2 Å². The van der Waals surface area contributed by atoms with Gasteiger partial charge in [0.05, 0.1) is 12.7 Å². The van der Waals surface area contributed by atoms with Gasteiger partial charge in [-0.05, 0) is 30.3 Å². The van der Waals surface area contributed by atoms with Crippen molar-refractivity contribution in [2.75, 3.05) is 7.11 Å². The third kappa shape index (κ3) is 2.63. The average molecular weight is 369 g/mol. The summed E-state index contributed by atoms with van der Waals surface area (Å²) in [6, 6.07) is 20.8. The molecule has 0 aliphatic heterocycles. The zero-order valence-corrected chi connectivity index (χ0v) is 15.0. The van der Waals surface area contributed by atoms with Gasteiger partial charge >= 0.3 is 6.01 Å². The number of ether oxygens (including phenoxy) is 1. The van der Waals surface area contributed by atoms with Crippen molar-refractivity contribution in [1.29, 1.82) is 0 Å². The minimum Gasteiger partial charge on any atom is -0.507 e. The van der Waals surface area contributed by atoms with E-state index in [2.05, 4.69) is 15.0 Å². The SMILES string of the molecule is COc1nc(-c2ccc3c(c2)oc2ccccc23)nc(-c2ccccc2O)n1. The number of para-hydroxylation sites is 2. The van der Waals surface area contributed by atoms with Gasteiger partial charge in [-0.3, -0.25) is 0 Å². The molecule has 5 rings (SSSR count). The van der Waals surface area contributed by atoms with E-state index in [1.165, 1.54) is 7.11 Å². The second-order valence-electron chi connectivity index (χ2n) is 6.30. The molecule has 2 heterocycles. The van der Waals surface area contributed by atoms with Crippen LogP contribution < -0.4 is 4.74 Å². The number of furan rings is 1. The van der Waals surface area contributed by atoms with Crippen LogP contribution in [0.4, 0.5) is 0 Å². The number of phenolic OH excluding ortho intramolecular Hbond substituents is 1. The van der Waals surface area contributed by atoms with Crippen molar-refractivity contribution >= 4 is 21.9 Å². The largest absolute Gasteiger partial charge is 0.507 e. The number of phenols is 1. The number of rotatable bonds is 3. The predicted molar refractivity (Wildman–Crippen MR) is 106 cm³/mol. The molecule has 6 nitrogen and oxygen atoms in total. The van der Waals surface area contributed by atoms with E-state index in [1.54, 1.807) is 18.2 Å². The molecule has 0 atom stereocenters. The van der Waals surface area contributed by atoms with E-state index in [-0.39, 0.29) is 11.8 Å². The van der Waals surface area contributed by atoms with Crippen LogP contribution in [0.5, 0.6) is 11.8 Å². The molecule has 1 N–H and O–H groups in total. The Morgan fingerprint density at radius 1 is 0.786 bits per heavy atom. The summed E-state index contributed by atoms with van der Waals surface area (Å²) in [6.45, 7) is 0. The summed E-state index contributed by atoms with van der Waals surface area (Å²) in [7, 11) is 1.50. The molecule has 0 fully saturated rings. The van der Waals surface area contributed by atoms with Gasteiger partial charge < -0.3 is 14.3 Å². The van der Waals surface area contributed by atoms with Crippen LogP contribution in [0.2, 0.25) is 0 Å². The Kier molecular flexibility index (Phi) is 3.69. The molecule has 0 saturated carbocycles. The molecule has 0 spiro atoms. The lowest BCUT2D eigenvalue weighted by atomic mass is 10.1. The quantitative estimate of drug-likeness (QED) is 0.491. The first-order chi connectivity index (χ1) is 13.7. The van der Waals surface area contributed by atoms with Gasteiger partial charge in [0.2, 0.25) is 0 Å². The van der Waals surface area contributed by atoms with Crippen molar-refractivity contribution < 1.29 is 14.3 Å². The molecule has 5 aromatic rings. The van der Waals surface area contributed by atoms with Crippen molar-refractivity contribution in [3.63, 3.8) is 0 Å². The van der Waals surface area contributed by atoms with E-state index in [9.17, 15) is 5.11 Å². The van der Waals surface area contributed by atoms with E-state index in [1.807, 2.05) is 48.5 Å². The van der Waals surface area contributed by atoms with Crippen molar-refractivity contribution in [2.45, 2.75) is 0 Å². The van der Waals surface area contributed by atoms with Crippen LogP contribution in [0.3, 0.4) is 0 Å². The zero-order chi connectivity index (χ0) is 19.1. The summed E-state index contributed by atoms with van der Waals surface area (Å²) >= 11 is 0. The number of aromatic nitrogens is 3. The molecule has 0 aliphatic rings. The van der Waals surface area contributed by atoms with Crippen molar-refractivity contribution in [2.24, 2.45) is 0 Å². The fraction of sp³-hybridized carbons (Fsp3) is 0.0455. The maximum Gasteiger partial charge on any atom is 0.320 e. The highest BCUT2D eigenvalue weighted by atomic mass is 16.5. The smallest absolute Gasteiger partial charge is 0.320 e. The number of methoxy groups -OCH3 is 1. The molecular weight excluding hydrogens is 354 g/mol. The lowest BCUT2D eigenvalue weighted by molar-refractivity contribution is 0.379. The minimum absolute atomic E-state index is 0.0921. The summed E-state index contributed by atoms with van der Waals surface area (Å²) in [4.78, 5) is 13.2. The number of fused-ring (bicyclic) bond motifs is 3. The monoisotopic (exact) mass is 369 g/mol. The molecule has 0 aliphatic carbocycles. The predicted octanol–water partition coefficient (Wildman–Crippen LogP) is 4.82. The Morgan fingerprint density at radius 3 is 2.39 bits per heavy atom. The minimum atomic E-state index is 0.0921. The van der Waals surface area contributed by atoms with Crippen LogP contribution in [0.25, 0.3) is 44.7 Å². The molecule has 3 aromatic carbocycles. The molecule has 0 unspecified atom stereocenters. The fourth-order valence-electron chi connectivity index (χ4n) is 3.23. The van der Waals surface area contributed by atoms with Crippen molar-refractivity contribution in [1.82, 2.24) is 15.0 Å². The average Bonchev–Trinajstić information content (AvgIpc) is 3.11. The van der Waals surface area contributed by atoms with Gasteiger partial charge in [0.1, 0.15) is 16.9 Å². The molecule has 136 valence electrons. The summed E-state index contributed by atoms with van der Waals surface area (Å²) in [5.41, 5.74) is 2.86. The van der Waals surface area contributed by atoms with Gasteiger partial charge in [-0.15, -0.1) is 0 Å². The molecular formula is C22H15N3O3. The van der Waals surface area contributed by atoms with Crippen LogP contribution >= 0.6 is 0 Å². The first-order valence-corrected chi connectivity index (χ1v) is 8.73. The van der Waals surface area contributed by atoms with Crippen LogP contribution in [0.15, 0.2) is 71.1 Å². The first kappa shape index (κ1) is 16.3. The topological polar surface area (TPSA) is 81.3 Å². The lowest BCUT2D eigenvalue weighted by Gasteiger charge is -2.07. The zero-order valence-electron chi connectivity index (χ0n) is 15.0. The van der Waals surface area contributed by atoms with Crippen LogP contribution in [0, 0.1) is 0 Å². The third-order valence-electron chi connectivity index (χ3n) is 4.58. The normalized spacial score (nSPS) is 11.2. The van der Waals surface area contributed by atoms with E-state index in [0.29, 0.717) is 17.2 Å². The van der Waals surface area contributed by atoms with Gasteiger partial charge in [-0.1, -0.05) is 36.4 Å². The molecule has 6 heteroatoms. The summed E-state index contributed by atoms with van der Waals surface area (Å²) in [5, 5.41) is 12.2. The van der Waals surface area contributed by atoms with Gasteiger partial charge in [0.25, 0.3) is 0 Å². The lowest BCUT2D eigenvalue weighted by Crippen LogP contribution is -2.00. The maximum absolute atomic E-state index is 10.2. The Balaban J connectivity index is 1.69. The summed E-state index contributed by atoms with van der Waals surface area (Å²) in [6.07, 6.45) is 0. The highest BCUT2D eigenvalue weighted by Gasteiger charge is 2.15. The van der Waals surface area contributed by atoms with E-state index < -0.39 is 0 Å². The standard InChI is InChI=1S/C22H15N3O3/c1-27-22-24-20(23-21(25-22)16-7-2-4-8-17(16)26)13-10-11-15-14-6-3-5-9-18(14)28-19(15)12-13/h2-12,26H,1H3. The number of aromatic hydroxyl groups is 1. The number of nitrogens with zero attached hydrogens (tertiary/aromatic N) is 3.